The van der Waals surface area contributed by atoms with Crippen LogP contribution in [0.15, 0.2) is 47.5 Å². The monoisotopic (exact) mass is 294 g/mol. The molecule has 2 rings (SSSR count). The molecule has 0 radical (unpaired) electrons. The van der Waals surface area contributed by atoms with Crippen LogP contribution in [0.2, 0.25) is 0 Å². The summed E-state index contributed by atoms with van der Waals surface area (Å²) in [7, 11) is 1.50. The lowest BCUT2D eigenvalue weighted by Gasteiger charge is -2.08. The van der Waals surface area contributed by atoms with E-state index >= 15 is 0 Å². The first-order valence-electron chi connectivity index (χ1n) is 6.53. The second kappa shape index (κ2) is 7.04. The Morgan fingerprint density at radius 2 is 1.91 bits per heavy atom. The normalized spacial score (nSPS) is 10.2. The summed E-state index contributed by atoms with van der Waals surface area (Å²) < 4.78 is 10.2. The van der Waals surface area contributed by atoms with Crippen LogP contribution in [0.1, 0.15) is 18.1 Å². The highest BCUT2D eigenvalue weighted by Gasteiger charge is 2.07. The molecule has 0 atom stereocenters. The van der Waals surface area contributed by atoms with Gasteiger partial charge in [-0.1, -0.05) is 0 Å². The zero-order valence-electron chi connectivity index (χ0n) is 12.2. The van der Waals surface area contributed by atoms with Gasteiger partial charge in [0, 0.05) is 13.1 Å². The molecule has 5 heteroatoms. The fourth-order valence-corrected chi connectivity index (χ4v) is 1.77. The fourth-order valence-electron chi connectivity index (χ4n) is 1.77. The molecule has 0 spiro atoms. The molecule has 2 aromatic rings. The number of carbonyl (C=O) groups is 1. The molecule has 0 aliphatic carbocycles. The van der Waals surface area contributed by atoms with E-state index in [2.05, 4.69) is 11.1 Å². The molecule has 0 aromatic heterocycles. The van der Waals surface area contributed by atoms with Gasteiger partial charge >= 0.3 is 5.97 Å². The minimum absolute atomic E-state index is 0.366. The van der Waals surface area contributed by atoms with E-state index in [0.717, 1.165) is 11.3 Å². The minimum Gasteiger partial charge on any atom is -0.493 e. The number of hydrogen-bond donors (Lipinski definition) is 0. The van der Waals surface area contributed by atoms with Crippen molar-refractivity contribution in [2.45, 2.75) is 6.92 Å². The molecule has 5 nitrogen and oxygen atoms in total. The van der Waals surface area contributed by atoms with Crippen LogP contribution in [0, 0.1) is 11.3 Å². The lowest BCUT2D eigenvalue weighted by molar-refractivity contribution is -0.132. The molecule has 2 aromatic carbocycles. The van der Waals surface area contributed by atoms with Gasteiger partial charge in [-0.25, -0.2) is 0 Å². The van der Waals surface area contributed by atoms with Crippen LogP contribution in [-0.2, 0) is 4.79 Å². The molecule has 0 saturated carbocycles. The number of carbonyl (C=O) groups excluding carboxylic acids is 1. The Balaban J connectivity index is 2.20. The van der Waals surface area contributed by atoms with Gasteiger partial charge in [0.2, 0.25) is 0 Å². The average molecular weight is 294 g/mol. The summed E-state index contributed by atoms with van der Waals surface area (Å²) in [5.74, 6) is 0.418. The summed E-state index contributed by atoms with van der Waals surface area (Å²) in [5.41, 5.74) is 2.13. The van der Waals surface area contributed by atoms with Crippen molar-refractivity contribution in [2.24, 2.45) is 4.99 Å². The van der Waals surface area contributed by atoms with E-state index in [9.17, 15) is 4.79 Å². The molecule has 22 heavy (non-hydrogen) atoms. The number of hydrogen-bond acceptors (Lipinski definition) is 5. The molecule has 0 saturated heterocycles. The van der Waals surface area contributed by atoms with Gasteiger partial charge in [0.15, 0.2) is 11.5 Å². The largest absolute Gasteiger partial charge is 0.493 e. The predicted octanol–water partition coefficient (Wildman–Crippen LogP) is 3.24. The van der Waals surface area contributed by atoms with Gasteiger partial charge in [0.25, 0.3) is 0 Å². The molecule has 0 unspecified atom stereocenters. The second-order valence-corrected chi connectivity index (χ2v) is 4.42. The van der Waals surface area contributed by atoms with Gasteiger partial charge in [-0.2, -0.15) is 5.26 Å². The lowest BCUT2D eigenvalue weighted by atomic mass is 10.2. The van der Waals surface area contributed by atoms with Crippen molar-refractivity contribution in [3.8, 4) is 17.6 Å². The Hall–Kier alpha value is -3.13. The van der Waals surface area contributed by atoms with Crippen LogP contribution in [0.5, 0.6) is 11.5 Å². The van der Waals surface area contributed by atoms with Crippen LogP contribution >= 0.6 is 0 Å². The number of nitrogens with zero attached hydrogens (tertiary/aromatic N) is 2. The molecule has 0 aliphatic heterocycles. The number of esters is 1. The summed E-state index contributed by atoms with van der Waals surface area (Å²) >= 11 is 0. The first-order valence-corrected chi connectivity index (χ1v) is 6.53. The highest BCUT2D eigenvalue weighted by molar-refractivity contribution is 5.83. The van der Waals surface area contributed by atoms with Crippen molar-refractivity contribution in [2.75, 3.05) is 7.11 Å². The highest BCUT2D eigenvalue weighted by atomic mass is 16.6. The van der Waals surface area contributed by atoms with Crippen molar-refractivity contribution < 1.29 is 14.3 Å². The van der Waals surface area contributed by atoms with E-state index in [1.54, 1.807) is 48.7 Å². The van der Waals surface area contributed by atoms with Crippen LogP contribution in [0.25, 0.3) is 0 Å². The van der Waals surface area contributed by atoms with Crippen molar-refractivity contribution in [1.29, 1.82) is 5.26 Å². The summed E-state index contributed by atoms with van der Waals surface area (Å²) in [5, 5.41) is 8.74. The number of ether oxygens (including phenoxy) is 2. The summed E-state index contributed by atoms with van der Waals surface area (Å²) in [6, 6.07) is 14.1. The van der Waals surface area contributed by atoms with Crippen molar-refractivity contribution in [3.05, 3.63) is 53.6 Å². The Kier molecular flexibility index (Phi) is 4.89. The van der Waals surface area contributed by atoms with E-state index in [0.29, 0.717) is 17.1 Å². The van der Waals surface area contributed by atoms with Gasteiger partial charge in [-0.05, 0) is 48.0 Å². The van der Waals surface area contributed by atoms with Gasteiger partial charge < -0.3 is 9.47 Å². The first-order chi connectivity index (χ1) is 10.6. The first kappa shape index (κ1) is 15.3. The number of methoxy groups -OCH3 is 1. The molecule has 0 fully saturated rings. The number of rotatable bonds is 4. The zero-order chi connectivity index (χ0) is 15.9. The molecule has 0 bridgehead atoms. The molecule has 0 N–H and O–H groups in total. The number of benzene rings is 2. The van der Waals surface area contributed by atoms with Crippen LogP contribution in [0.4, 0.5) is 5.69 Å². The van der Waals surface area contributed by atoms with Crippen molar-refractivity contribution >= 4 is 17.9 Å². The molecular formula is C17H14N2O3. The van der Waals surface area contributed by atoms with Crippen LogP contribution in [-0.4, -0.2) is 19.3 Å². The third kappa shape index (κ3) is 3.93. The standard InChI is InChI=1S/C17H14N2O3/c1-12(20)22-16-8-5-14(9-17(16)21-2)11-19-15-6-3-13(10-18)4-7-15/h3-9,11H,1-2H3. The minimum atomic E-state index is -0.405. The fraction of sp³-hybridized carbons (Fsp3) is 0.118. The zero-order valence-corrected chi connectivity index (χ0v) is 12.2. The Labute approximate surface area is 128 Å². The van der Waals surface area contributed by atoms with E-state index in [-0.39, 0.29) is 0 Å². The molecule has 0 aliphatic rings. The Morgan fingerprint density at radius 1 is 1.18 bits per heavy atom. The quantitative estimate of drug-likeness (QED) is 0.493. The maximum absolute atomic E-state index is 11.0. The summed E-state index contributed by atoms with van der Waals surface area (Å²) in [6.45, 7) is 1.33. The van der Waals surface area contributed by atoms with Gasteiger partial charge in [-0.15, -0.1) is 0 Å². The van der Waals surface area contributed by atoms with E-state index in [1.165, 1.54) is 14.0 Å². The third-order valence-corrected chi connectivity index (χ3v) is 2.80. The maximum Gasteiger partial charge on any atom is 0.308 e. The van der Waals surface area contributed by atoms with Crippen molar-refractivity contribution in [1.82, 2.24) is 0 Å². The van der Waals surface area contributed by atoms with Gasteiger partial charge in [-0.3, -0.25) is 9.79 Å². The summed E-state index contributed by atoms with van der Waals surface area (Å²) in [6.07, 6.45) is 1.67. The molecule has 0 amide bonds. The number of nitriles is 1. The van der Waals surface area contributed by atoms with Crippen LogP contribution in [0.3, 0.4) is 0 Å². The third-order valence-electron chi connectivity index (χ3n) is 2.80. The molecule has 0 heterocycles. The molecular weight excluding hydrogens is 280 g/mol. The topological polar surface area (TPSA) is 71.7 Å². The Morgan fingerprint density at radius 3 is 2.50 bits per heavy atom. The SMILES string of the molecule is COc1cc(C=Nc2ccc(C#N)cc2)ccc1OC(C)=O. The van der Waals surface area contributed by atoms with E-state index < -0.39 is 5.97 Å². The molecule has 110 valence electrons. The maximum atomic E-state index is 11.0. The van der Waals surface area contributed by atoms with Gasteiger partial charge in [0.1, 0.15) is 0 Å². The predicted molar refractivity (Wildman–Crippen MR) is 82.7 cm³/mol. The van der Waals surface area contributed by atoms with Gasteiger partial charge in [0.05, 0.1) is 24.4 Å². The lowest BCUT2D eigenvalue weighted by Crippen LogP contribution is -2.03. The highest BCUT2D eigenvalue weighted by Crippen LogP contribution is 2.27. The second-order valence-electron chi connectivity index (χ2n) is 4.42. The van der Waals surface area contributed by atoms with E-state index in [1.807, 2.05) is 0 Å². The Bertz CT molecular complexity index is 743. The van der Waals surface area contributed by atoms with Crippen molar-refractivity contribution in [3.63, 3.8) is 0 Å². The average Bonchev–Trinajstić information content (AvgIpc) is 2.54. The number of aliphatic imine (C=N–C) groups is 1. The van der Waals surface area contributed by atoms with Crippen LogP contribution < -0.4 is 9.47 Å². The summed E-state index contributed by atoms with van der Waals surface area (Å²) in [4.78, 5) is 15.3. The van der Waals surface area contributed by atoms with E-state index in [4.69, 9.17) is 14.7 Å². The smallest absolute Gasteiger partial charge is 0.308 e.